The number of hydrogen-bond acceptors (Lipinski definition) is 10. The van der Waals surface area contributed by atoms with E-state index < -0.39 is 11.9 Å². The molecule has 1 fully saturated rings. The van der Waals surface area contributed by atoms with E-state index in [4.69, 9.17) is 38.9 Å². The first-order valence-electron chi connectivity index (χ1n) is 15.2. The first-order valence-corrected chi connectivity index (χ1v) is 15.2. The number of pyridine rings is 1. The molecule has 0 unspecified atom stereocenters. The molecule has 0 saturated carbocycles. The Morgan fingerprint density at radius 2 is 1.27 bits per heavy atom. The average Bonchev–Trinajstić information content (AvgIpc) is 3.11. The third-order valence-electron chi connectivity index (χ3n) is 7.94. The lowest BCUT2D eigenvalue weighted by molar-refractivity contribution is -0.134. The number of aliphatic carboxylic acids is 2. The third-order valence-corrected chi connectivity index (χ3v) is 7.94. The van der Waals surface area contributed by atoms with Crippen LogP contribution >= 0.6 is 12.4 Å². The molecule has 4 aromatic rings. The van der Waals surface area contributed by atoms with Crippen LogP contribution in [0.15, 0.2) is 72.9 Å². The van der Waals surface area contributed by atoms with Gasteiger partial charge in [-0.1, -0.05) is 18.2 Å². The standard InChI is InChI=1S/C32H37N3O5.C4H4O4.ClH/c1-36-28-9-7-6-8-27(28)35-14-12-34(13-15-35)21-23-20-33-26(16-22-10-11-29(37-2)30(17-22)38-3)25-19-32(40-5)31(39-4)18-24(23)25;5-3(6)1-2-4(7)8;/h6-11,17-20H,12-16,21H2,1-5H3;1-2H,(H,5,6)(H,7,8);1H/b;2-1+;. The summed E-state index contributed by atoms with van der Waals surface area (Å²) in [5.74, 6) is 1.20. The van der Waals surface area contributed by atoms with Crippen molar-refractivity contribution in [3.63, 3.8) is 0 Å². The number of benzene rings is 3. The number of fused-ring (bicyclic) bond motifs is 1. The molecule has 0 radical (unpaired) electrons. The number of aromatic nitrogens is 1. The number of carboxylic acids is 2. The summed E-state index contributed by atoms with van der Waals surface area (Å²) in [6.45, 7) is 4.55. The quantitative estimate of drug-likeness (QED) is 0.185. The largest absolute Gasteiger partial charge is 0.495 e. The summed E-state index contributed by atoms with van der Waals surface area (Å²) < 4.78 is 27.9. The van der Waals surface area contributed by atoms with Gasteiger partial charge in [-0.05, 0) is 52.9 Å². The first kappa shape index (κ1) is 38.2. The normalized spacial score (nSPS) is 12.8. The van der Waals surface area contributed by atoms with Crippen LogP contribution in [-0.4, -0.2) is 93.8 Å². The SMILES string of the molecule is COc1ccc(Cc2ncc(CN3CCN(c4ccccc4OC)CC3)c3cc(OC)c(OC)cc23)cc1OC.Cl.O=C(O)/C=C/C(=O)O. The van der Waals surface area contributed by atoms with Gasteiger partial charge in [-0.15, -0.1) is 12.4 Å². The second-order valence-corrected chi connectivity index (χ2v) is 10.8. The maximum atomic E-state index is 9.55. The fraction of sp³-hybridized carbons (Fsp3) is 0.306. The molecule has 1 aromatic heterocycles. The lowest BCUT2D eigenvalue weighted by Crippen LogP contribution is -2.46. The van der Waals surface area contributed by atoms with E-state index in [2.05, 4.69) is 28.0 Å². The van der Waals surface area contributed by atoms with Crippen molar-refractivity contribution in [2.75, 3.05) is 66.6 Å². The maximum Gasteiger partial charge on any atom is 0.328 e. The molecule has 0 atom stereocenters. The summed E-state index contributed by atoms with van der Waals surface area (Å²) in [7, 11) is 8.36. The molecule has 262 valence electrons. The van der Waals surface area contributed by atoms with Gasteiger partial charge in [0.15, 0.2) is 23.0 Å². The van der Waals surface area contributed by atoms with Crippen LogP contribution in [0.3, 0.4) is 0 Å². The number of piperazine rings is 1. The highest BCUT2D eigenvalue weighted by Crippen LogP contribution is 2.37. The van der Waals surface area contributed by atoms with Crippen LogP contribution in [0, 0.1) is 0 Å². The molecule has 5 rings (SSSR count). The molecule has 1 aliphatic rings. The molecule has 0 aliphatic carbocycles. The minimum atomic E-state index is -1.26. The van der Waals surface area contributed by atoms with Crippen molar-refractivity contribution < 1.29 is 43.5 Å². The Morgan fingerprint density at radius 1 is 0.714 bits per heavy atom. The van der Waals surface area contributed by atoms with Gasteiger partial charge in [-0.3, -0.25) is 9.88 Å². The molecule has 3 aromatic carbocycles. The Labute approximate surface area is 291 Å². The van der Waals surface area contributed by atoms with E-state index in [-0.39, 0.29) is 12.4 Å². The molecule has 1 aliphatic heterocycles. The van der Waals surface area contributed by atoms with Gasteiger partial charge in [0, 0.05) is 62.9 Å². The second-order valence-electron chi connectivity index (χ2n) is 10.8. The fourth-order valence-electron chi connectivity index (χ4n) is 5.55. The summed E-state index contributed by atoms with van der Waals surface area (Å²) in [6.07, 6.45) is 3.77. The predicted octanol–water partition coefficient (Wildman–Crippen LogP) is 5.32. The molecule has 0 spiro atoms. The first-order chi connectivity index (χ1) is 23.2. The number of para-hydroxylation sites is 2. The van der Waals surface area contributed by atoms with Crippen LogP contribution in [0.25, 0.3) is 10.8 Å². The topological polar surface area (TPSA) is 140 Å². The fourth-order valence-corrected chi connectivity index (χ4v) is 5.55. The summed E-state index contributed by atoms with van der Waals surface area (Å²) in [4.78, 5) is 28.9. The minimum Gasteiger partial charge on any atom is -0.495 e. The number of hydrogen-bond donors (Lipinski definition) is 2. The van der Waals surface area contributed by atoms with Gasteiger partial charge in [-0.2, -0.15) is 0 Å². The van der Waals surface area contributed by atoms with E-state index in [0.717, 1.165) is 71.8 Å². The Morgan fingerprint density at radius 3 is 1.84 bits per heavy atom. The molecule has 13 heteroatoms. The molecule has 0 amide bonds. The smallest absolute Gasteiger partial charge is 0.328 e. The average molecular weight is 696 g/mol. The van der Waals surface area contributed by atoms with E-state index in [1.165, 1.54) is 0 Å². The Kier molecular flexibility index (Phi) is 14.3. The predicted molar refractivity (Wildman–Crippen MR) is 189 cm³/mol. The van der Waals surface area contributed by atoms with Crippen LogP contribution < -0.4 is 28.6 Å². The zero-order valence-corrected chi connectivity index (χ0v) is 29.0. The van der Waals surface area contributed by atoms with Gasteiger partial charge in [0.1, 0.15) is 5.75 Å². The van der Waals surface area contributed by atoms with Gasteiger partial charge in [-0.25, -0.2) is 9.59 Å². The van der Waals surface area contributed by atoms with Crippen LogP contribution in [-0.2, 0) is 22.6 Å². The van der Waals surface area contributed by atoms with Crippen LogP contribution in [0.1, 0.15) is 16.8 Å². The molecule has 12 nitrogen and oxygen atoms in total. The number of methoxy groups -OCH3 is 5. The van der Waals surface area contributed by atoms with Gasteiger partial charge in [0.05, 0.1) is 46.9 Å². The van der Waals surface area contributed by atoms with Gasteiger partial charge in [0.2, 0.25) is 0 Å². The van der Waals surface area contributed by atoms with Crippen molar-refractivity contribution in [2.45, 2.75) is 13.0 Å². The summed E-state index contributed by atoms with van der Waals surface area (Å²) in [6, 6.07) is 18.3. The van der Waals surface area contributed by atoms with Crippen LogP contribution in [0.4, 0.5) is 5.69 Å². The van der Waals surface area contributed by atoms with Gasteiger partial charge < -0.3 is 38.8 Å². The van der Waals surface area contributed by atoms with Gasteiger partial charge >= 0.3 is 11.9 Å². The van der Waals surface area contributed by atoms with Crippen molar-refractivity contribution in [3.8, 4) is 28.7 Å². The third kappa shape index (κ3) is 9.91. The van der Waals surface area contributed by atoms with E-state index >= 15 is 0 Å². The molecule has 49 heavy (non-hydrogen) atoms. The number of anilines is 1. The minimum absolute atomic E-state index is 0. The number of carboxylic acid groups (broad SMARTS) is 2. The number of halogens is 1. The van der Waals surface area contributed by atoms with Crippen molar-refractivity contribution in [2.24, 2.45) is 0 Å². The second kappa shape index (κ2) is 18.4. The van der Waals surface area contributed by atoms with Crippen LogP contribution in [0.2, 0.25) is 0 Å². The summed E-state index contributed by atoms with van der Waals surface area (Å²) in [5, 5.41) is 17.8. The number of carbonyl (C=O) groups is 2. The number of rotatable bonds is 12. The molecular formula is C36H42ClN3O9. The zero-order valence-electron chi connectivity index (χ0n) is 28.2. The molecule has 0 bridgehead atoms. The number of ether oxygens (including phenoxy) is 5. The maximum absolute atomic E-state index is 9.55. The zero-order chi connectivity index (χ0) is 34.6. The Hall–Kier alpha value is -5.20. The molecule has 1 saturated heterocycles. The monoisotopic (exact) mass is 695 g/mol. The van der Waals surface area contributed by atoms with Crippen molar-refractivity contribution in [3.05, 3.63) is 89.8 Å². The Balaban J connectivity index is 0.000000645. The molecular weight excluding hydrogens is 654 g/mol. The Bertz CT molecular complexity index is 1740. The summed E-state index contributed by atoms with van der Waals surface area (Å²) in [5.41, 5.74) is 4.36. The highest BCUT2D eigenvalue weighted by atomic mass is 35.5. The van der Waals surface area contributed by atoms with E-state index in [1.54, 1.807) is 35.5 Å². The highest BCUT2D eigenvalue weighted by molar-refractivity contribution is 5.91. The highest BCUT2D eigenvalue weighted by Gasteiger charge is 2.22. The lowest BCUT2D eigenvalue weighted by Gasteiger charge is -2.36. The van der Waals surface area contributed by atoms with E-state index in [1.807, 2.05) is 42.6 Å². The molecule has 2 N–H and O–H groups in total. The van der Waals surface area contributed by atoms with Crippen molar-refractivity contribution in [1.29, 1.82) is 0 Å². The van der Waals surface area contributed by atoms with Crippen LogP contribution in [0.5, 0.6) is 28.7 Å². The van der Waals surface area contributed by atoms with Crippen molar-refractivity contribution >= 4 is 40.8 Å². The summed E-state index contributed by atoms with van der Waals surface area (Å²) >= 11 is 0. The number of nitrogens with zero attached hydrogens (tertiary/aromatic N) is 3. The van der Waals surface area contributed by atoms with Crippen molar-refractivity contribution in [1.82, 2.24) is 9.88 Å². The van der Waals surface area contributed by atoms with E-state index in [0.29, 0.717) is 41.6 Å². The lowest BCUT2D eigenvalue weighted by atomic mass is 9.99. The molecule has 2 heterocycles. The van der Waals surface area contributed by atoms with E-state index in [9.17, 15) is 9.59 Å². The van der Waals surface area contributed by atoms with Gasteiger partial charge in [0.25, 0.3) is 0 Å².